The van der Waals surface area contributed by atoms with Crippen molar-refractivity contribution in [3.05, 3.63) is 42.1 Å². The first-order valence-corrected chi connectivity index (χ1v) is 8.26. The lowest BCUT2D eigenvalue weighted by molar-refractivity contribution is -0.128. The van der Waals surface area contributed by atoms with Gasteiger partial charge in [0.2, 0.25) is 5.91 Å². The number of carbonyl (C=O) groups excluding carboxylic acids is 3. The number of nitrogens with zero attached hydrogens (tertiary/aromatic N) is 3. The Hall–Kier alpha value is -2.41. The van der Waals surface area contributed by atoms with E-state index in [1.807, 2.05) is 30.3 Å². The van der Waals surface area contributed by atoms with Crippen LogP contribution in [0.5, 0.6) is 0 Å². The average molecular weight is 327 g/mol. The van der Waals surface area contributed by atoms with Gasteiger partial charge in [0.15, 0.2) is 0 Å². The topological polar surface area (TPSA) is 70.6 Å². The van der Waals surface area contributed by atoms with Crippen molar-refractivity contribution in [2.45, 2.75) is 6.04 Å². The monoisotopic (exact) mass is 327 g/mol. The number of hydrogen-bond acceptors (Lipinski definition) is 5. The third kappa shape index (κ3) is 2.37. The fraction of sp³-hybridized carbons (Fsp3) is 0.250. The van der Waals surface area contributed by atoms with Gasteiger partial charge in [0, 0.05) is 18.5 Å². The van der Waals surface area contributed by atoms with Crippen LogP contribution in [-0.2, 0) is 4.79 Å². The van der Waals surface area contributed by atoms with Crippen LogP contribution in [0.25, 0.3) is 10.9 Å². The van der Waals surface area contributed by atoms with Gasteiger partial charge in [0.05, 0.1) is 17.3 Å². The first kappa shape index (κ1) is 14.2. The molecule has 2 fully saturated rings. The van der Waals surface area contributed by atoms with E-state index in [0.29, 0.717) is 18.8 Å². The summed E-state index contributed by atoms with van der Waals surface area (Å²) in [6.45, 7) is 0.761. The maximum atomic E-state index is 12.5. The number of para-hydroxylation sites is 1. The molecule has 7 heteroatoms. The normalized spacial score (nSPS) is 18.6. The summed E-state index contributed by atoms with van der Waals surface area (Å²) in [7, 11) is 0. The summed E-state index contributed by atoms with van der Waals surface area (Å²) in [4.78, 5) is 43.1. The molecule has 0 saturated carbocycles. The van der Waals surface area contributed by atoms with Crippen molar-refractivity contribution in [3.63, 3.8) is 0 Å². The third-order valence-electron chi connectivity index (χ3n) is 4.12. The van der Waals surface area contributed by atoms with E-state index in [0.717, 1.165) is 22.7 Å². The molecule has 0 atom stereocenters. The third-order valence-corrected chi connectivity index (χ3v) is 4.95. The number of rotatable bonds is 2. The molecule has 3 amide bonds. The van der Waals surface area contributed by atoms with Crippen LogP contribution in [0, 0.1) is 0 Å². The van der Waals surface area contributed by atoms with Crippen molar-refractivity contribution in [2.75, 3.05) is 18.8 Å². The molecule has 3 heterocycles. The SMILES string of the molecule is O=C(c1ccc2ccccc2n1)N1CC(N2C(=O)CSC2=O)C1. The van der Waals surface area contributed by atoms with E-state index in [2.05, 4.69) is 4.98 Å². The molecule has 0 unspecified atom stereocenters. The minimum Gasteiger partial charge on any atom is -0.333 e. The van der Waals surface area contributed by atoms with Crippen LogP contribution < -0.4 is 0 Å². The number of carbonyl (C=O) groups is 3. The van der Waals surface area contributed by atoms with Crippen molar-refractivity contribution in [3.8, 4) is 0 Å². The number of amides is 3. The number of likely N-dealkylation sites (tertiary alicyclic amines) is 1. The zero-order chi connectivity index (χ0) is 16.0. The lowest BCUT2D eigenvalue weighted by atomic mass is 10.1. The second-order valence-corrected chi connectivity index (χ2v) is 6.50. The van der Waals surface area contributed by atoms with Crippen LogP contribution in [0.3, 0.4) is 0 Å². The lowest BCUT2D eigenvalue weighted by Crippen LogP contribution is -2.62. The highest BCUT2D eigenvalue weighted by molar-refractivity contribution is 8.14. The molecule has 2 aromatic rings. The Kier molecular flexibility index (Phi) is 3.30. The molecule has 116 valence electrons. The summed E-state index contributed by atoms with van der Waals surface area (Å²) >= 11 is 1.02. The van der Waals surface area contributed by atoms with Gasteiger partial charge in [-0.1, -0.05) is 36.0 Å². The van der Waals surface area contributed by atoms with E-state index in [4.69, 9.17) is 0 Å². The van der Waals surface area contributed by atoms with E-state index >= 15 is 0 Å². The second-order valence-electron chi connectivity index (χ2n) is 5.57. The van der Waals surface area contributed by atoms with E-state index < -0.39 is 0 Å². The molecule has 2 saturated heterocycles. The predicted molar refractivity (Wildman–Crippen MR) is 86.1 cm³/mol. The number of aromatic nitrogens is 1. The molecule has 1 aromatic heterocycles. The Morgan fingerprint density at radius 3 is 2.65 bits per heavy atom. The number of fused-ring (bicyclic) bond motifs is 1. The van der Waals surface area contributed by atoms with Crippen LogP contribution in [0.2, 0.25) is 0 Å². The smallest absolute Gasteiger partial charge is 0.289 e. The Morgan fingerprint density at radius 2 is 1.91 bits per heavy atom. The molecule has 0 spiro atoms. The van der Waals surface area contributed by atoms with Crippen LogP contribution in [0.1, 0.15) is 10.5 Å². The molecule has 4 rings (SSSR count). The molecule has 2 aliphatic rings. The summed E-state index contributed by atoms with van der Waals surface area (Å²) in [5.74, 6) is -0.130. The Morgan fingerprint density at radius 1 is 1.13 bits per heavy atom. The summed E-state index contributed by atoms with van der Waals surface area (Å²) in [5, 5.41) is 0.770. The zero-order valence-corrected chi connectivity index (χ0v) is 13.0. The van der Waals surface area contributed by atoms with Crippen LogP contribution in [0.15, 0.2) is 36.4 Å². The van der Waals surface area contributed by atoms with Crippen LogP contribution in [0.4, 0.5) is 4.79 Å². The van der Waals surface area contributed by atoms with Gasteiger partial charge < -0.3 is 4.90 Å². The molecule has 6 nitrogen and oxygen atoms in total. The molecule has 2 aliphatic heterocycles. The highest BCUT2D eigenvalue weighted by Crippen LogP contribution is 2.27. The summed E-state index contributed by atoms with van der Waals surface area (Å²) in [5.41, 5.74) is 1.16. The van der Waals surface area contributed by atoms with Crippen LogP contribution >= 0.6 is 11.8 Å². The van der Waals surface area contributed by atoms with Gasteiger partial charge in [-0.3, -0.25) is 19.3 Å². The lowest BCUT2D eigenvalue weighted by Gasteiger charge is -2.42. The maximum Gasteiger partial charge on any atom is 0.289 e. The fourth-order valence-electron chi connectivity index (χ4n) is 2.85. The average Bonchev–Trinajstić information content (AvgIpc) is 2.85. The molecule has 0 radical (unpaired) electrons. The van der Waals surface area contributed by atoms with Gasteiger partial charge in [-0.05, 0) is 12.1 Å². The van der Waals surface area contributed by atoms with Crippen molar-refractivity contribution in [2.24, 2.45) is 0 Å². The molecular weight excluding hydrogens is 314 g/mol. The van der Waals surface area contributed by atoms with Crippen molar-refractivity contribution in [1.29, 1.82) is 0 Å². The minimum atomic E-state index is -0.212. The van der Waals surface area contributed by atoms with E-state index in [9.17, 15) is 14.4 Å². The Balaban J connectivity index is 1.48. The number of imide groups is 1. The molecule has 0 N–H and O–H groups in total. The maximum absolute atomic E-state index is 12.5. The molecular formula is C16H13N3O3S. The van der Waals surface area contributed by atoms with Gasteiger partial charge in [-0.15, -0.1) is 0 Å². The van der Waals surface area contributed by atoms with Gasteiger partial charge >= 0.3 is 0 Å². The van der Waals surface area contributed by atoms with Crippen LogP contribution in [-0.4, -0.2) is 56.7 Å². The fourth-order valence-corrected chi connectivity index (χ4v) is 3.62. The van der Waals surface area contributed by atoms with Crippen molar-refractivity contribution in [1.82, 2.24) is 14.8 Å². The van der Waals surface area contributed by atoms with Gasteiger partial charge in [0.1, 0.15) is 5.69 Å². The Labute approximate surface area is 136 Å². The summed E-state index contributed by atoms with van der Waals surface area (Å²) < 4.78 is 0. The molecule has 0 bridgehead atoms. The highest BCUT2D eigenvalue weighted by Gasteiger charge is 2.43. The number of thioether (sulfide) groups is 1. The van der Waals surface area contributed by atoms with E-state index in [1.165, 1.54) is 4.90 Å². The standard InChI is InChI=1S/C16H13N3O3S/c20-14-9-23-16(22)19(14)11-7-18(8-11)15(21)13-6-5-10-3-1-2-4-12(10)17-13/h1-6,11H,7-9H2. The predicted octanol–water partition coefficient (Wildman–Crippen LogP) is 1.75. The van der Waals surface area contributed by atoms with E-state index in [1.54, 1.807) is 11.0 Å². The largest absolute Gasteiger partial charge is 0.333 e. The zero-order valence-electron chi connectivity index (χ0n) is 12.1. The first-order valence-electron chi connectivity index (χ1n) is 7.27. The molecule has 23 heavy (non-hydrogen) atoms. The van der Waals surface area contributed by atoms with Crippen molar-refractivity contribution < 1.29 is 14.4 Å². The van der Waals surface area contributed by atoms with E-state index in [-0.39, 0.29) is 28.8 Å². The minimum absolute atomic E-state index is 0.166. The quantitative estimate of drug-likeness (QED) is 0.840. The van der Waals surface area contributed by atoms with Gasteiger partial charge in [0.25, 0.3) is 11.1 Å². The summed E-state index contributed by atoms with van der Waals surface area (Å²) in [6, 6.07) is 11.0. The number of hydrogen-bond donors (Lipinski definition) is 0. The van der Waals surface area contributed by atoms with Gasteiger partial charge in [-0.2, -0.15) is 0 Å². The molecule has 0 aliphatic carbocycles. The molecule has 1 aromatic carbocycles. The highest BCUT2D eigenvalue weighted by atomic mass is 32.2. The number of benzene rings is 1. The number of pyridine rings is 1. The van der Waals surface area contributed by atoms with Gasteiger partial charge in [-0.25, -0.2) is 4.98 Å². The Bertz CT molecular complexity index is 816. The first-order chi connectivity index (χ1) is 11.1. The van der Waals surface area contributed by atoms with Crippen molar-refractivity contribution >= 4 is 39.7 Å². The second kappa shape index (κ2) is 5.34. The summed E-state index contributed by atoms with van der Waals surface area (Å²) in [6.07, 6.45) is 0.